The van der Waals surface area contributed by atoms with Gasteiger partial charge in [-0.25, -0.2) is 4.79 Å². The maximum Gasteiger partial charge on any atom is 0.374 e. The maximum absolute atomic E-state index is 11.5. The van der Waals surface area contributed by atoms with Gasteiger partial charge < -0.3 is 14.5 Å². The van der Waals surface area contributed by atoms with Crippen LogP contribution in [0.15, 0.2) is 41.1 Å². The Hall–Kier alpha value is -2.67. The highest BCUT2D eigenvalue weighted by Crippen LogP contribution is 2.12. The van der Waals surface area contributed by atoms with Gasteiger partial charge in [-0.1, -0.05) is 6.07 Å². The number of rotatable bonds is 5. The SMILES string of the molecule is COC(=O)c1occc1CNCc1nnc2ccccn12. The van der Waals surface area contributed by atoms with Crippen LogP contribution in [0.4, 0.5) is 0 Å². The molecule has 0 aliphatic carbocycles. The third-order valence-electron chi connectivity index (χ3n) is 3.10. The molecule has 0 radical (unpaired) electrons. The average Bonchev–Trinajstić information content (AvgIpc) is 3.14. The summed E-state index contributed by atoms with van der Waals surface area (Å²) in [5.41, 5.74) is 1.54. The maximum atomic E-state index is 11.5. The summed E-state index contributed by atoms with van der Waals surface area (Å²) in [7, 11) is 1.32. The van der Waals surface area contributed by atoms with E-state index < -0.39 is 5.97 Å². The molecule has 0 fully saturated rings. The molecule has 1 N–H and O–H groups in total. The highest BCUT2D eigenvalue weighted by atomic mass is 16.5. The molecule has 0 aliphatic heterocycles. The molecule has 21 heavy (non-hydrogen) atoms. The van der Waals surface area contributed by atoms with Gasteiger partial charge in [-0.2, -0.15) is 0 Å². The number of fused-ring (bicyclic) bond motifs is 1. The normalized spacial score (nSPS) is 10.9. The Labute approximate surface area is 120 Å². The van der Waals surface area contributed by atoms with Crippen LogP contribution >= 0.6 is 0 Å². The summed E-state index contributed by atoms with van der Waals surface area (Å²) in [6.07, 6.45) is 3.37. The zero-order chi connectivity index (χ0) is 14.7. The Morgan fingerprint density at radius 2 is 2.24 bits per heavy atom. The number of hydrogen-bond acceptors (Lipinski definition) is 6. The van der Waals surface area contributed by atoms with Gasteiger partial charge in [-0.15, -0.1) is 10.2 Å². The largest absolute Gasteiger partial charge is 0.463 e. The van der Waals surface area contributed by atoms with Gasteiger partial charge in [-0.3, -0.25) is 4.40 Å². The summed E-state index contributed by atoms with van der Waals surface area (Å²) in [4.78, 5) is 11.5. The minimum absolute atomic E-state index is 0.219. The number of methoxy groups -OCH3 is 1. The van der Waals surface area contributed by atoms with Crippen LogP contribution in [-0.2, 0) is 17.8 Å². The van der Waals surface area contributed by atoms with Crippen molar-refractivity contribution >= 4 is 11.6 Å². The smallest absolute Gasteiger partial charge is 0.374 e. The fourth-order valence-corrected chi connectivity index (χ4v) is 2.07. The second-order valence-corrected chi connectivity index (χ2v) is 4.42. The van der Waals surface area contributed by atoms with Gasteiger partial charge in [0.05, 0.1) is 19.9 Å². The molecule has 3 aromatic heterocycles. The molecule has 3 heterocycles. The number of nitrogens with zero attached hydrogens (tertiary/aromatic N) is 3. The predicted molar refractivity (Wildman–Crippen MR) is 73.6 cm³/mol. The second-order valence-electron chi connectivity index (χ2n) is 4.42. The van der Waals surface area contributed by atoms with Crippen molar-refractivity contribution in [2.24, 2.45) is 0 Å². The van der Waals surface area contributed by atoms with Crippen molar-refractivity contribution in [2.75, 3.05) is 7.11 Å². The quantitative estimate of drug-likeness (QED) is 0.714. The monoisotopic (exact) mass is 286 g/mol. The Kier molecular flexibility index (Phi) is 3.65. The summed E-state index contributed by atoms with van der Waals surface area (Å²) >= 11 is 0. The number of ether oxygens (including phenoxy) is 1. The van der Waals surface area contributed by atoms with E-state index in [0.717, 1.165) is 17.0 Å². The number of esters is 1. The highest BCUT2D eigenvalue weighted by molar-refractivity contribution is 5.87. The van der Waals surface area contributed by atoms with Crippen molar-refractivity contribution < 1.29 is 13.9 Å². The zero-order valence-corrected chi connectivity index (χ0v) is 11.4. The molecule has 0 aliphatic rings. The van der Waals surface area contributed by atoms with Gasteiger partial charge in [0.2, 0.25) is 5.76 Å². The van der Waals surface area contributed by atoms with E-state index in [0.29, 0.717) is 13.1 Å². The lowest BCUT2D eigenvalue weighted by Crippen LogP contribution is -2.16. The van der Waals surface area contributed by atoms with Crippen molar-refractivity contribution in [3.63, 3.8) is 0 Å². The van der Waals surface area contributed by atoms with Crippen LogP contribution in [0.2, 0.25) is 0 Å². The van der Waals surface area contributed by atoms with Crippen molar-refractivity contribution in [1.29, 1.82) is 0 Å². The van der Waals surface area contributed by atoms with E-state index in [9.17, 15) is 4.79 Å². The summed E-state index contributed by atoms with van der Waals surface area (Å²) in [6.45, 7) is 1.000. The highest BCUT2D eigenvalue weighted by Gasteiger charge is 2.15. The zero-order valence-electron chi connectivity index (χ0n) is 11.4. The molecule has 0 spiro atoms. The predicted octanol–water partition coefficient (Wildman–Crippen LogP) is 1.40. The molecule has 0 saturated carbocycles. The van der Waals surface area contributed by atoms with Crippen molar-refractivity contribution in [1.82, 2.24) is 19.9 Å². The molecule has 7 nitrogen and oxygen atoms in total. The van der Waals surface area contributed by atoms with Gasteiger partial charge in [0.15, 0.2) is 11.5 Å². The van der Waals surface area contributed by atoms with Crippen LogP contribution < -0.4 is 5.32 Å². The van der Waals surface area contributed by atoms with Crippen molar-refractivity contribution in [3.05, 3.63) is 53.9 Å². The van der Waals surface area contributed by atoms with Gasteiger partial charge in [0, 0.05) is 18.3 Å². The van der Waals surface area contributed by atoms with Gasteiger partial charge >= 0.3 is 5.97 Å². The van der Waals surface area contributed by atoms with E-state index in [-0.39, 0.29) is 5.76 Å². The van der Waals surface area contributed by atoms with Gasteiger partial charge in [0.1, 0.15) is 0 Å². The number of hydrogen-bond donors (Lipinski definition) is 1. The van der Waals surface area contributed by atoms with Gasteiger partial charge in [-0.05, 0) is 18.2 Å². The number of nitrogens with one attached hydrogen (secondary N) is 1. The van der Waals surface area contributed by atoms with Crippen LogP contribution in [0.5, 0.6) is 0 Å². The number of furan rings is 1. The lowest BCUT2D eigenvalue weighted by molar-refractivity contribution is 0.0563. The lowest BCUT2D eigenvalue weighted by Gasteiger charge is -2.03. The van der Waals surface area contributed by atoms with Gasteiger partial charge in [0.25, 0.3) is 0 Å². The molecule has 108 valence electrons. The molecule has 0 unspecified atom stereocenters. The average molecular weight is 286 g/mol. The minimum Gasteiger partial charge on any atom is -0.463 e. The second kappa shape index (κ2) is 5.76. The molecule has 0 atom stereocenters. The van der Waals surface area contributed by atoms with E-state index in [1.165, 1.54) is 13.4 Å². The fourth-order valence-electron chi connectivity index (χ4n) is 2.07. The molecule has 3 rings (SSSR count). The van der Waals surface area contributed by atoms with Crippen LogP contribution in [-0.4, -0.2) is 27.7 Å². The first-order valence-corrected chi connectivity index (χ1v) is 6.43. The van der Waals surface area contributed by atoms with Crippen LogP contribution in [0.1, 0.15) is 21.9 Å². The number of pyridine rings is 1. The van der Waals surface area contributed by atoms with Crippen molar-refractivity contribution in [2.45, 2.75) is 13.1 Å². The first-order chi connectivity index (χ1) is 10.3. The molecule has 0 bridgehead atoms. The fraction of sp³-hybridized carbons (Fsp3) is 0.214. The third-order valence-corrected chi connectivity index (χ3v) is 3.10. The number of carbonyl (C=O) groups is 1. The molecule has 0 amide bonds. The van der Waals surface area contributed by atoms with E-state index in [1.54, 1.807) is 6.07 Å². The molecule has 3 aromatic rings. The summed E-state index contributed by atoms with van der Waals surface area (Å²) < 4.78 is 11.7. The standard InChI is InChI=1S/C14H14N4O3/c1-20-14(19)13-10(5-7-21-13)8-15-9-12-17-16-11-4-2-3-6-18(11)12/h2-7,15H,8-9H2,1H3. The molecular formula is C14H14N4O3. The summed E-state index contributed by atoms with van der Waals surface area (Å²) in [5.74, 6) is 0.537. The number of aromatic nitrogens is 3. The van der Waals surface area contributed by atoms with E-state index >= 15 is 0 Å². The Balaban J connectivity index is 1.67. The molecular weight excluding hydrogens is 272 g/mol. The molecule has 0 aromatic carbocycles. The van der Waals surface area contributed by atoms with Crippen LogP contribution in [0.25, 0.3) is 5.65 Å². The van der Waals surface area contributed by atoms with Crippen molar-refractivity contribution in [3.8, 4) is 0 Å². The summed E-state index contributed by atoms with van der Waals surface area (Å²) in [5, 5.41) is 11.4. The first-order valence-electron chi connectivity index (χ1n) is 6.43. The first kappa shape index (κ1) is 13.3. The third kappa shape index (κ3) is 2.63. The van der Waals surface area contributed by atoms with E-state index in [4.69, 9.17) is 4.42 Å². The molecule has 7 heteroatoms. The Morgan fingerprint density at radius 1 is 1.33 bits per heavy atom. The van der Waals surface area contributed by atoms with E-state index in [2.05, 4.69) is 20.3 Å². The summed E-state index contributed by atoms with van der Waals surface area (Å²) in [6, 6.07) is 7.46. The van der Waals surface area contributed by atoms with Crippen LogP contribution in [0, 0.1) is 0 Å². The topological polar surface area (TPSA) is 81.7 Å². The van der Waals surface area contributed by atoms with E-state index in [1.807, 2.05) is 28.8 Å². The molecule has 0 saturated heterocycles. The number of carbonyl (C=O) groups excluding carboxylic acids is 1. The minimum atomic E-state index is -0.482. The lowest BCUT2D eigenvalue weighted by atomic mass is 10.2. The Morgan fingerprint density at radius 3 is 3.10 bits per heavy atom. The van der Waals surface area contributed by atoms with Crippen LogP contribution in [0.3, 0.4) is 0 Å². The Bertz CT molecular complexity index is 762.